The fourth-order valence-corrected chi connectivity index (χ4v) is 2.63. The van der Waals surface area contributed by atoms with Gasteiger partial charge >= 0.3 is 5.69 Å². The summed E-state index contributed by atoms with van der Waals surface area (Å²) in [5.41, 5.74) is 0.689. The second kappa shape index (κ2) is 3.85. The molecule has 0 atom stereocenters. The number of hydrogen-bond acceptors (Lipinski definition) is 2. The highest BCUT2D eigenvalue weighted by Gasteiger charge is 2.18. The highest BCUT2D eigenvalue weighted by molar-refractivity contribution is 7.71. The number of benzene rings is 1. The van der Waals surface area contributed by atoms with Gasteiger partial charge in [0.25, 0.3) is 0 Å². The van der Waals surface area contributed by atoms with E-state index in [0.29, 0.717) is 9.79 Å². The van der Waals surface area contributed by atoms with Crippen molar-refractivity contribution >= 4 is 23.8 Å². The zero-order valence-electron chi connectivity index (χ0n) is 8.97. The molecule has 1 aliphatic rings. The molecule has 6 heteroatoms. The Hall–Kier alpha value is -1.33. The summed E-state index contributed by atoms with van der Waals surface area (Å²) in [5, 5.41) is 0.645. The molecular formula is C11H10ClN3OS. The summed E-state index contributed by atoms with van der Waals surface area (Å²) < 4.78 is 5.64. The molecule has 1 aromatic carbocycles. The van der Waals surface area contributed by atoms with Gasteiger partial charge in [-0.05, 0) is 42.9 Å². The Kier molecular flexibility index (Phi) is 2.45. The Morgan fingerprint density at radius 1 is 1.12 bits per heavy atom. The third kappa shape index (κ3) is 1.57. The van der Waals surface area contributed by atoms with Crippen LogP contribution in [0.2, 0.25) is 5.02 Å². The van der Waals surface area contributed by atoms with Crippen molar-refractivity contribution in [2.24, 2.45) is 0 Å². The second-order valence-corrected chi connectivity index (χ2v) is 4.78. The maximum atomic E-state index is 12.2. The zero-order chi connectivity index (χ0) is 12.0. The zero-order valence-corrected chi connectivity index (χ0v) is 10.5. The molecule has 0 saturated heterocycles. The lowest BCUT2D eigenvalue weighted by Crippen LogP contribution is -2.23. The van der Waals surface area contributed by atoms with Crippen LogP contribution in [0, 0.1) is 4.77 Å². The van der Waals surface area contributed by atoms with E-state index in [2.05, 4.69) is 0 Å². The number of hydrogen-bond donors (Lipinski definition) is 0. The quantitative estimate of drug-likeness (QED) is 0.742. The van der Waals surface area contributed by atoms with E-state index in [1.165, 1.54) is 0 Å². The van der Waals surface area contributed by atoms with E-state index in [-0.39, 0.29) is 5.69 Å². The first-order chi connectivity index (χ1) is 8.18. The van der Waals surface area contributed by atoms with Crippen molar-refractivity contribution in [2.45, 2.75) is 19.5 Å². The second-order valence-electron chi connectivity index (χ2n) is 3.98. The minimum absolute atomic E-state index is 0.0742. The Balaban J connectivity index is 2.26. The van der Waals surface area contributed by atoms with Crippen LogP contribution in [-0.2, 0) is 13.1 Å². The monoisotopic (exact) mass is 267 g/mol. The molecule has 0 bridgehead atoms. The van der Waals surface area contributed by atoms with Crippen molar-refractivity contribution < 1.29 is 0 Å². The van der Waals surface area contributed by atoms with E-state index in [4.69, 9.17) is 23.8 Å². The summed E-state index contributed by atoms with van der Waals surface area (Å²) in [5.74, 6) is 0. The van der Waals surface area contributed by atoms with E-state index in [9.17, 15) is 4.79 Å². The predicted octanol–water partition coefficient (Wildman–Crippen LogP) is 2.23. The molecule has 1 aromatic heterocycles. The van der Waals surface area contributed by atoms with Crippen molar-refractivity contribution in [3.05, 3.63) is 44.5 Å². The number of halogens is 1. The molecule has 0 radical (unpaired) electrons. The van der Waals surface area contributed by atoms with Gasteiger partial charge in [-0.1, -0.05) is 11.6 Å². The van der Waals surface area contributed by atoms with Crippen molar-refractivity contribution in [1.82, 2.24) is 13.9 Å². The fourth-order valence-electron chi connectivity index (χ4n) is 2.13. The molecule has 0 fully saturated rings. The Morgan fingerprint density at radius 2 is 1.76 bits per heavy atom. The van der Waals surface area contributed by atoms with Crippen LogP contribution in [-0.4, -0.2) is 13.9 Å². The lowest BCUT2D eigenvalue weighted by atomic mass is 10.3. The lowest BCUT2D eigenvalue weighted by molar-refractivity contribution is 0.588. The van der Waals surface area contributed by atoms with Gasteiger partial charge in [0.05, 0.1) is 5.69 Å². The van der Waals surface area contributed by atoms with E-state index in [1.54, 1.807) is 33.5 Å². The summed E-state index contributed by atoms with van der Waals surface area (Å²) in [6.45, 7) is 1.55. The summed E-state index contributed by atoms with van der Waals surface area (Å²) in [6.07, 6.45) is 0.973. The molecule has 0 amide bonds. The van der Waals surface area contributed by atoms with Gasteiger partial charge in [0.15, 0.2) is 0 Å². The van der Waals surface area contributed by atoms with Crippen LogP contribution in [0.1, 0.15) is 6.42 Å². The molecule has 1 aliphatic heterocycles. The highest BCUT2D eigenvalue weighted by Crippen LogP contribution is 2.14. The van der Waals surface area contributed by atoms with Crippen LogP contribution >= 0.6 is 23.8 Å². The number of fused-ring (bicyclic) bond motifs is 1. The fraction of sp³-hybridized carbons (Fsp3) is 0.273. The van der Waals surface area contributed by atoms with E-state index < -0.39 is 0 Å². The maximum Gasteiger partial charge on any atom is 0.349 e. The average Bonchev–Trinajstić information content (AvgIpc) is 2.87. The summed E-state index contributed by atoms with van der Waals surface area (Å²) in [6, 6.07) is 7.11. The van der Waals surface area contributed by atoms with Gasteiger partial charge in [0.1, 0.15) is 0 Å². The molecule has 17 heavy (non-hydrogen) atoms. The molecule has 0 saturated carbocycles. The van der Waals surface area contributed by atoms with Crippen molar-refractivity contribution in [3.8, 4) is 5.69 Å². The van der Waals surface area contributed by atoms with Gasteiger partial charge in [-0.15, -0.1) is 0 Å². The molecule has 0 unspecified atom stereocenters. The van der Waals surface area contributed by atoms with Crippen LogP contribution in [0.15, 0.2) is 29.1 Å². The van der Waals surface area contributed by atoms with E-state index >= 15 is 0 Å². The van der Waals surface area contributed by atoms with E-state index in [0.717, 1.165) is 25.2 Å². The first-order valence-corrected chi connectivity index (χ1v) is 6.16. The lowest BCUT2D eigenvalue weighted by Gasteiger charge is -2.00. The molecule has 2 aromatic rings. The summed E-state index contributed by atoms with van der Waals surface area (Å²) >= 11 is 11.2. The summed E-state index contributed by atoms with van der Waals surface area (Å²) in [4.78, 5) is 12.2. The van der Waals surface area contributed by atoms with Gasteiger partial charge in [-0.25, -0.2) is 14.0 Å². The molecule has 88 valence electrons. The molecule has 2 heterocycles. The minimum atomic E-state index is -0.0742. The number of aromatic nitrogens is 3. The van der Waals surface area contributed by atoms with Gasteiger partial charge in [-0.2, -0.15) is 0 Å². The normalized spacial score (nSPS) is 13.9. The van der Waals surface area contributed by atoms with Crippen LogP contribution in [0.5, 0.6) is 0 Å². The van der Waals surface area contributed by atoms with Crippen LogP contribution in [0.25, 0.3) is 5.69 Å². The van der Waals surface area contributed by atoms with Crippen LogP contribution < -0.4 is 5.69 Å². The topological polar surface area (TPSA) is 31.9 Å². The third-order valence-electron chi connectivity index (χ3n) is 2.94. The largest absolute Gasteiger partial charge is 0.349 e. The third-order valence-corrected chi connectivity index (χ3v) is 3.59. The predicted molar refractivity (Wildman–Crippen MR) is 68.5 cm³/mol. The van der Waals surface area contributed by atoms with Gasteiger partial charge in [0.2, 0.25) is 4.77 Å². The Bertz CT molecular complexity index is 645. The average molecular weight is 268 g/mol. The summed E-state index contributed by atoms with van der Waals surface area (Å²) in [7, 11) is 0. The van der Waals surface area contributed by atoms with Crippen molar-refractivity contribution in [3.63, 3.8) is 0 Å². The van der Waals surface area contributed by atoms with E-state index in [1.807, 2.05) is 4.68 Å². The van der Waals surface area contributed by atoms with Crippen molar-refractivity contribution in [2.75, 3.05) is 0 Å². The Labute approximate surface area is 108 Å². The van der Waals surface area contributed by atoms with Crippen LogP contribution in [0.4, 0.5) is 0 Å². The first-order valence-electron chi connectivity index (χ1n) is 5.37. The Morgan fingerprint density at radius 3 is 2.41 bits per heavy atom. The number of nitrogens with zero attached hydrogens (tertiary/aromatic N) is 3. The number of rotatable bonds is 1. The van der Waals surface area contributed by atoms with Gasteiger partial charge in [-0.3, -0.25) is 4.68 Å². The molecule has 0 N–H and O–H groups in total. The van der Waals surface area contributed by atoms with Crippen LogP contribution in [0.3, 0.4) is 0 Å². The molecule has 3 rings (SSSR count). The maximum absolute atomic E-state index is 12.2. The SMILES string of the molecule is O=c1n(-c2ccc(Cl)cc2)c(=S)n2n1CCC2. The molecular weight excluding hydrogens is 258 g/mol. The first kappa shape index (κ1) is 10.8. The molecule has 0 spiro atoms. The van der Waals surface area contributed by atoms with Gasteiger partial charge in [0, 0.05) is 18.1 Å². The standard InChI is InChI=1S/C11H10ClN3OS/c12-8-2-4-9(5-3-8)15-10(16)13-6-1-7-14(13)11(15)17/h2-5H,1,6-7H2. The van der Waals surface area contributed by atoms with Gasteiger partial charge < -0.3 is 0 Å². The highest BCUT2D eigenvalue weighted by atomic mass is 35.5. The minimum Gasteiger partial charge on any atom is -0.256 e. The molecule has 0 aliphatic carbocycles. The van der Waals surface area contributed by atoms with Crippen molar-refractivity contribution in [1.29, 1.82) is 0 Å². The molecule has 4 nitrogen and oxygen atoms in total. The smallest absolute Gasteiger partial charge is 0.256 e.